The maximum Gasteiger partial charge on any atom is 0.407 e. The number of nitrogen functional groups attached to an aromatic ring is 1. The van der Waals surface area contributed by atoms with E-state index < -0.39 is 28.1 Å². The Bertz CT molecular complexity index is 1500. The Morgan fingerprint density at radius 2 is 1.63 bits per heavy atom. The van der Waals surface area contributed by atoms with E-state index in [1.54, 1.807) is 36.4 Å². The van der Waals surface area contributed by atoms with E-state index >= 15 is 0 Å². The van der Waals surface area contributed by atoms with Gasteiger partial charge in [0.1, 0.15) is 0 Å². The standard InChI is InChI=1S/C32H39N3O7S/c33-27-13-10-25(11-14-27)30(37)21-35(32(39)40)17-16-22-6-8-23(9-7-22)26-12-15-28(29(20-26)24-4-1-2-5-24)31(38)34-43(41,42)19-3-18-36/h6-15,20,24,30,36-37H,1-5,16-19,21,33H2,(H,34,38)(H,39,40)/t30-/m1/s1. The van der Waals surface area contributed by atoms with Crippen LogP contribution in [0.4, 0.5) is 10.5 Å². The number of nitrogens with one attached hydrogen (secondary N) is 1. The first-order chi connectivity index (χ1) is 20.6. The predicted molar refractivity (Wildman–Crippen MR) is 165 cm³/mol. The molecule has 6 N–H and O–H groups in total. The lowest BCUT2D eigenvalue weighted by Gasteiger charge is -2.23. The van der Waals surface area contributed by atoms with Gasteiger partial charge < -0.3 is 26.0 Å². The number of anilines is 1. The minimum absolute atomic E-state index is 0.0486. The summed E-state index contributed by atoms with van der Waals surface area (Å²) in [7, 11) is -3.86. The highest BCUT2D eigenvalue weighted by Crippen LogP contribution is 2.38. The Balaban J connectivity index is 1.46. The van der Waals surface area contributed by atoms with Crippen LogP contribution in [0.25, 0.3) is 11.1 Å². The van der Waals surface area contributed by atoms with Gasteiger partial charge in [0.2, 0.25) is 10.0 Å². The van der Waals surface area contributed by atoms with Gasteiger partial charge >= 0.3 is 6.09 Å². The van der Waals surface area contributed by atoms with Gasteiger partial charge in [-0.15, -0.1) is 0 Å². The van der Waals surface area contributed by atoms with Gasteiger partial charge in [0.25, 0.3) is 5.91 Å². The minimum atomic E-state index is -3.86. The van der Waals surface area contributed by atoms with E-state index in [1.807, 2.05) is 30.3 Å². The van der Waals surface area contributed by atoms with Gasteiger partial charge in [-0.3, -0.25) is 4.79 Å². The van der Waals surface area contributed by atoms with Crippen molar-refractivity contribution < 1.29 is 33.3 Å². The highest BCUT2D eigenvalue weighted by atomic mass is 32.2. The number of benzene rings is 3. The summed E-state index contributed by atoms with van der Waals surface area (Å²) in [4.78, 5) is 26.0. The molecular formula is C32H39N3O7S. The normalized spacial score (nSPS) is 14.4. The molecule has 10 nitrogen and oxygen atoms in total. The smallest absolute Gasteiger partial charge is 0.407 e. The van der Waals surface area contributed by atoms with E-state index in [4.69, 9.17) is 10.8 Å². The van der Waals surface area contributed by atoms with Crippen molar-refractivity contribution in [3.05, 3.63) is 89.0 Å². The van der Waals surface area contributed by atoms with Crippen molar-refractivity contribution in [2.24, 2.45) is 0 Å². The number of hydrogen-bond acceptors (Lipinski definition) is 7. The van der Waals surface area contributed by atoms with Crippen LogP contribution in [0, 0.1) is 0 Å². The largest absolute Gasteiger partial charge is 0.465 e. The lowest BCUT2D eigenvalue weighted by Crippen LogP contribution is -2.35. The van der Waals surface area contributed by atoms with E-state index in [0.29, 0.717) is 23.2 Å². The third-order valence-corrected chi connectivity index (χ3v) is 9.18. The molecule has 43 heavy (non-hydrogen) atoms. The van der Waals surface area contributed by atoms with E-state index in [9.17, 15) is 28.2 Å². The summed E-state index contributed by atoms with van der Waals surface area (Å²) in [5, 5.41) is 29.2. The minimum Gasteiger partial charge on any atom is -0.465 e. The van der Waals surface area contributed by atoms with Gasteiger partial charge in [0, 0.05) is 24.4 Å². The molecule has 0 aromatic heterocycles. The molecule has 1 aliphatic rings. The number of amides is 2. The second kappa shape index (κ2) is 14.5. The molecule has 0 radical (unpaired) electrons. The molecule has 11 heteroatoms. The van der Waals surface area contributed by atoms with Crippen LogP contribution in [0.15, 0.2) is 66.7 Å². The highest BCUT2D eigenvalue weighted by molar-refractivity contribution is 7.90. The van der Waals surface area contributed by atoms with Gasteiger partial charge in [0.15, 0.2) is 0 Å². The monoisotopic (exact) mass is 609 g/mol. The van der Waals surface area contributed by atoms with Crippen molar-refractivity contribution in [3.63, 3.8) is 0 Å². The number of hydrogen-bond donors (Lipinski definition) is 5. The van der Waals surface area contributed by atoms with Crippen LogP contribution in [0.1, 0.15) is 71.2 Å². The van der Waals surface area contributed by atoms with Crippen molar-refractivity contribution in [1.82, 2.24) is 9.62 Å². The van der Waals surface area contributed by atoms with Crippen LogP contribution in [0.3, 0.4) is 0 Å². The highest BCUT2D eigenvalue weighted by Gasteiger charge is 2.25. The fraction of sp³-hybridized carbons (Fsp3) is 0.375. The van der Waals surface area contributed by atoms with Crippen LogP contribution in [-0.4, -0.2) is 66.1 Å². The quantitative estimate of drug-likeness (QED) is 0.179. The number of aliphatic hydroxyl groups excluding tert-OH is 2. The maximum absolute atomic E-state index is 13.0. The zero-order valence-electron chi connectivity index (χ0n) is 24.0. The Morgan fingerprint density at radius 1 is 0.977 bits per heavy atom. The zero-order valence-corrected chi connectivity index (χ0v) is 24.8. The molecule has 0 saturated heterocycles. The molecule has 0 spiro atoms. The van der Waals surface area contributed by atoms with Crippen molar-refractivity contribution in [2.75, 3.05) is 31.2 Å². The fourth-order valence-corrected chi connectivity index (χ4v) is 6.45. The molecule has 1 aliphatic carbocycles. The first-order valence-electron chi connectivity index (χ1n) is 14.5. The Hall–Kier alpha value is -3.93. The van der Waals surface area contributed by atoms with Crippen molar-refractivity contribution in [1.29, 1.82) is 0 Å². The van der Waals surface area contributed by atoms with Gasteiger partial charge in [-0.25, -0.2) is 17.9 Å². The molecule has 0 unspecified atom stereocenters. The van der Waals surface area contributed by atoms with Gasteiger partial charge in [-0.1, -0.05) is 61.4 Å². The SMILES string of the molecule is Nc1ccc([C@H](O)CN(CCc2ccc(-c3ccc(C(=O)NS(=O)(=O)CCCO)c(C4CCCC4)c3)cc2)C(=O)O)cc1. The number of sulfonamides is 1. The lowest BCUT2D eigenvalue weighted by atomic mass is 9.89. The van der Waals surface area contributed by atoms with Gasteiger partial charge in [-0.2, -0.15) is 0 Å². The van der Waals surface area contributed by atoms with Crippen molar-refractivity contribution in [3.8, 4) is 11.1 Å². The van der Waals surface area contributed by atoms with E-state index in [0.717, 1.165) is 47.9 Å². The summed E-state index contributed by atoms with van der Waals surface area (Å²) in [5.74, 6) is -0.830. The molecule has 0 bridgehead atoms. The summed E-state index contributed by atoms with van der Waals surface area (Å²) < 4.78 is 26.7. The summed E-state index contributed by atoms with van der Waals surface area (Å²) in [6, 6.07) is 19.8. The molecule has 3 aromatic rings. The molecule has 1 fully saturated rings. The number of rotatable bonds is 13. The first kappa shape index (κ1) is 32.0. The molecule has 230 valence electrons. The van der Waals surface area contributed by atoms with Crippen LogP contribution in [-0.2, 0) is 16.4 Å². The number of carbonyl (C=O) groups is 2. The summed E-state index contributed by atoms with van der Waals surface area (Å²) in [6.45, 7) is -0.136. The lowest BCUT2D eigenvalue weighted by molar-refractivity contribution is 0.0971. The van der Waals surface area contributed by atoms with E-state index in [2.05, 4.69) is 4.72 Å². The van der Waals surface area contributed by atoms with E-state index in [-0.39, 0.29) is 37.8 Å². The Labute approximate surface area is 252 Å². The number of nitrogens with zero attached hydrogens (tertiary/aromatic N) is 1. The second-order valence-electron chi connectivity index (χ2n) is 11.0. The summed E-state index contributed by atoms with van der Waals surface area (Å²) in [6.07, 6.45) is 2.36. The topological polar surface area (TPSA) is 170 Å². The number of carboxylic acid groups (broad SMARTS) is 1. The van der Waals surface area contributed by atoms with Crippen LogP contribution >= 0.6 is 0 Å². The van der Waals surface area contributed by atoms with Crippen LogP contribution in [0.2, 0.25) is 0 Å². The Kier molecular flexibility index (Phi) is 10.8. The molecule has 1 atom stereocenters. The third kappa shape index (κ3) is 8.79. The first-order valence-corrected chi connectivity index (χ1v) is 16.1. The average Bonchev–Trinajstić information content (AvgIpc) is 3.53. The molecule has 0 aliphatic heterocycles. The zero-order chi connectivity index (χ0) is 31.0. The van der Waals surface area contributed by atoms with Crippen molar-refractivity contribution in [2.45, 2.75) is 50.5 Å². The maximum atomic E-state index is 13.0. The summed E-state index contributed by atoms with van der Waals surface area (Å²) in [5.41, 5.74) is 10.8. The van der Waals surface area contributed by atoms with Crippen molar-refractivity contribution >= 4 is 27.7 Å². The number of aliphatic hydroxyl groups is 2. The molecule has 1 saturated carbocycles. The average molecular weight is 610 g/mol. The summed E-state index contributed by atoms with van der Waals surface area (Å²) >= 11 is 0. The third-order valence-electron chi connectivity index (χ3n) is 7.85. The predicted octanol–water partition coefficient (Wildman–Crippen LogP) is 4.29. The molecular weight excluding hydrogens is 570 g/mol. The van der Waals surface area contributed by atoms with Gasteiger partial charge in [-0.05, 0) is 77.6 Å². The Morgan fingerprint density at radius 3 is 2.26 bits per heavy atom. The van der Waals surface area contributed by atoms with E-state index in [1.165, 1.54) is 4.90 Å². The second-order valence-corrected chi connectivity index (χ2v) is 12.8. The van der Waals surface area contributed by atoms with Crippen LogP contribution in [0.5, 0.6) is 0 Å². The van der Waals surface area contributed by atoms with Crippen LogP contribution < -0.4 is 10.5 Å². The number of carbonyl (C=O) groups excluding carboxylic acids is 1. The molecule has 3 aromatic carbocycles. The number of nitrogens with two attached hydrogens (primary N) is 1. The molecule has 2 amide bonds. The molecule has 0 heterocycles. The van der Waals surface area contributed by atoms with Gasteiger partial charge in [0.05, 0.1) is 18.4 Å². The molecule has 4 rings (SSSR count). The fourth-order valence-electron chi connectivity index (χ4n) is 5.45.